The summed E-state index contributed by atoms with van der Waals surface area (Å²) < 4.78 is 23.4. The zero-order valence-corrected chi connectivity index (χ0v) is 32.9. The molecule has 3 unspecified atom stereocenters. The molecule has 0 fully saturated rings. The predicted molar refractivity (Wildman–Crippen MR) is 203 cm³/mol. The maximum absolute atomic E-state index is 12.8. The number of unbranched alkanes of at least 4 members (excludes halogenated alkanes) is 20. The normalized spacial score (nSPS) is 14.9. The number of likely N-dealkylation sites (N-methyl/N-ethyl adjacent to an activating group) is 1. The van der Waals surface area contributed by atoms with Gasteiger partial charge in [-0.25, -0.2) is 4.57 Å². The molecule has 0 radical (unpaired) electrons. The van der Waals surface area contributed by atoms with E-state index in [1.807, 2.05) is 27.2 Å². The van der Waals surface area contributed by atoms with Crippen LogP contribution >= 0.6 is 7.82 Å². The van der Waals surface area contributed by atoms with Crippen molar-refractivity contribution in [2.24, 2.45) is 0 Å². The van der Waals surface area contributed by atoms with E-state index in [4.69, 9.17) is 9.05 Å². The molecule has 0 spiro atoms. The lowest BCUT2D eigenvalue weighted by atomic mass is 10.1. The summed E-state index contributed by atoms with van der Waals surface area (Å²) in [6.45, 7) is 4.77. The van der Waals surface area contributed by atoms with Crippen LogP contribution in [0.4, 0.5) is 0 Å². The maximum atomic E-state index is 12.8. The third kappa shape index (κ3) is 33.5. The Morgan fingerprint density at radius 1 is 0.688 bits per heavy atom. The number of hydrogen-bond donors (Lipinski definition) is 3. The maximum Gasteiger partial charge on any atom is 0.472 e. The molecule has 0 aromatic carbocycles. The van der Waals surface area contributed by atoms with Crippen molar-refractivity contribution in [2.45, 2.75) is 180 Å². The van der Waals surface area contributed by atoms with Crippen molar-refractivity contribution in [3.05, 3.63) is 24.3 Å². The fourth-order valence-electron chi connectivity index (χ4n) is 5.45. The first-order valence-electron chi connectivity index (χ1n) is 19.7. The van der Waals surface area contributed by atoms with Gasteiger partial charge in [-0.1, -0.05) is 141 Å². The van der Waals surface area contributed by atoms with Crippen LogP contribution in [0.2, 0.25) is 0 Å². The van der Waals surface area contributed by atoms with Crippen molar-refractivity contribution in [1.82, 2.24) is 5.32 Å². The number of phosphoric ester groups is 1. The van der Waals surface area contributed by atoms with Gasteiger partial charge in [-0.05, 0) is 44.9 Å². The van der Waals surface area contributed by atoms with Crippen molar-refractivity contribution in [3.8, 4) is 0 Å². The second-order valence-corrected chi connectivity index (χ2v) is 16.1. The fraction of sp³-hybridized carbons (Fsp3) is 0.872. The molecule has 0 bridgehead atoms. The summed E-state index contributed by atoms with van der Waals surface area (Å²) in [5, 5.41) is 13.7. The summed E-state index contributed by atoms with van der Waals surface area (Å²) >= 11 is 0. The number of phosphoric acid groups is 1. The van der Waals surface area contributed by atoms with E-state index in [0.29, 0.717) is 17.4 Å². The first kappa shape index (κ1) is 47.0. The number of quaternary nitrogens is 1. The van der Waals surface area contributed by atoms with Crippen LogP contribution in [0.25, 0.3) is 0 Å². The molecule has 0 aromatic rings. The van der Waals surface area contributed by atoms with Gasteiger partial charge in [0.15, 0.2) is 0 Å². The minimum Gasteiger partial charge on any atom is -0.387 e. The minimum atomic E-state index is -4.33. The Kier molecular flexibility index (Phi) is 31.2. The van der Waals surface area contributed by atoms with E-state index in [1.54, 1.807) is 6.08 Å². The topological polar surface area (TPSA) is 105 Å². The number of allylic oxidation sites excluding steroid dienone is 3. The largest absolute Gasteiger partial charge is 0.472 e. The zero-order chi connectivity index (χ0) is 35.8. The highest BCUT2D eigenvalue weighted by Crippen LogP contribution is 2.43. The van der Waals surface area contributed by atoms with Crippen LogP contribution < -0.4 is 5.32 Å². The van der Waals surface area contributed by atoms with Gasteiger partial charge >= 0.3 is 7.82 Å². The Bertz CT molecular complexity index is 845. The molecule has 0 aromatic heterocycles. The van der Waals surface area contributed by atoms with Crippen molar-refractivity contribution in [1.29, 1.82) is 0 Å². The van der Waals surface area contributed by atoms with Gasteiger partial charge in [0.05, 0.1) is 39.9 Å². The monoisotopic (exact) mass is 702 g/mol. The van der Waals surface area contributed by atoms with Gasteiger partial charge in [-0.15, -0.1) is 0 Å². The fourth-order valence-corrected chi connectivity index (χ4v) is 6.18. The second-order valence-electron chi connectivity index (χ2n) is 14.7. The molecule has 3 N–H and O–H groups in total. The van der Waals surface area contributed by atoms with Crippen LogP contribution in [0.15, 0.2) is 24.3 Å². The van der Waals surface area contributed by atoms with Gasteiger partial charge in [0.1, 0.15) is 13.2 Å². The summed E-state index contributed by atoms with van der Waals surface area (Å²) in [6, 6.07) is -0.845. The Hall–Kier alpha value is -1.02. The van der Waals surface area contributed by atoms with Crippen LogP contribution in [0.5, 0.6) is 0 Å². The lowest BCUT2D eigenvalue weighted by Crippen LogP contribution is -2.45. The van der Waals surface area contributed by atoms with Crippen molar-refractivity contribution in [3.63, 3.8) is 0 Å². The van der Waals surface area contributed by atoms with Crippen LogP contribution in [-0.2, 0) is 18.4 Å². The predicted octanol–water partition coefficient (Wildman–Crippen LogP) is 10.2. The second kappa shape index (κ2) is 31.9. The summed E-state index contributed by atoms with van der Waals surface area (Å²) in [5.41, 5.74) is 0. The van der Waals surface area contributed by atoms with Crippen molar-refractivity contribution in [2.75, 3.05) is 40.9 Å². The number of amides is 1. The Morgan fingerprint density at radius 3 is 1.60 bits per heavy atom. The molecule has 1 amide bonds. The Balaban J connectivity index is 4.48. The van der Waals surface area contributed by atoms with E-state index in [1.165, 1.54) is 96.3 Å². The van der Waals surface area contributed by atoms with Crippen LogP contribution in [0, 0.1) is 0 Å². The molecule has 0 saturated carbocycles. The first-order valence-corrected chi connectivity index (χ1v) is 21.2. The van der Waals surface area contributed by atoms with Crippen LogP contribution in [-0.4, -0.2) is 73.4 Å². The van der Waals surface area contributed by atoms with Gasteiger partial charge < -0.3 is 19.8 Å². The highest BCUT2D eigenvalue weighted by atomic mass is 31.2. The Labute approximate surface area is 296 Å². The molecule has 0 saturated heterocycles. The molecule has 0 aliphatic rings. The summed E-state index contributed by atoms with van der Waals surface area (Å²) in [4.78, 5) is 23.0. The van der Waals surface area contributed by atoms with E-state index in [9.17, 15) is 19.4 Å². The molecular weight excluding hydrogens is 623 g/mol. The third-order valence-electron chi connectivity index (χ3n) is 8.67. The molecule has 0 rings (SSSR count). The quantitative estimate of drug-likeness (QED) is 0.0263. The molecule has 3 atom stereocenters. The smallest absolute Gasteiger partial charge is 0.387 e. The number of aliphatic hydroxyl groups is 1. The lowest BCUT2D eigenvalue weighted by Gasteiger charge is -2.25. The van der Waals surface area contributed by atoms with Gasteiger partial charge in [0, 0.05) is 6.42 Å². The van der Waals surface area contributed by atoms with Crippen LogP contribution in [0.3, 0.4) is 0 Å². The molecule has 0 heterocycles. The van der Waals surface area contributed by atoms with Gasteiger partial charge in [-0.3, -0.25) is 13.8 Å². The van der Waals surface area contributed by atoms with Gasteiger partial charge in [-0.2, -0.15) is 0 Å². The minimum absolute atomic E-state index is 0.0604. The highest BCUT2D eigenvalue weighted by molar-refractivity contribution is 7.47. The average Bonchev–Trinajstić information content (AvgIpc) is 3.02. The van der Waals surface area contributed by atoms with E-state index < -0.39 is 20.0 Å². The van der Waals surface area contributed by atoms with Gasteiger partial charge in [0.2, 0.25) is 5.91 Å². The van der Waals surface area contributed by atoms with Crippen molar-refractivity contribution < 1.29 is 32.9 Å². The van der Waals surface area contributed by atoms with Gasteiger partial charge in [0.25, 0.3) is 0 Å². The van der Waals surface area contributed by atoms with Crippen LogP contribution in [0.1, 0.15) is 168 Å². The first-order chi connectivity index (χ1) is 23.0. The van der Waals surface area contributed by atoms with E-state index in [2.05, 4.69) is 31.3 Å². The van der Waals surface area contributed by atoms with E-state index >= 15 is 0 Å². The number of carbonyl (C=O) groups is 1. The summed E-state index contributed by atoms with van der Waals surface area (Å²) in [7, 11) is 1.56. The lowest BCUT2D eigenvalue weighted by molar-refractivity contribution is -0.870. The number of aliphatic hydroxyl groups excluding tert-OH is 1. The van der Waals surface area contributed by atoms with E-state index in [0.717, 1.165) is 51.4 Å². The number of carbonyl (C=O) groups excluding carboxylic acids is 1. The molecule has 9 heteroatoms. The average molecular weight is 702 g/mol. The highest BCUT2D eigenvalue weighted by Gasteiger charge is 2.27. The molecule has 284 valence electrons. The SMILES string of the molecule is CCCCCCCCC/C=C\CCCCCCCC(=O)NC(COP(=O)(O)OCC[N+](C)(C)C)C(O)/C=C/CCCCCCCCCC. The summed E-state index contributed by atoms with van der Waals surface area (Å²) in [5.74, 6) is -0.189. The van der Waals surface area contributed by atoms with Crippen molar-refractivity contribution >= 4 is 13.7 Å². The molecule has 0 aliphatic carbocycles. The summed E-state index contributed by atoms with van der Waals surface area (Å²) in [6.07, 6.45) is 35.2. The molecule has 8 nitrogen and oxygen atoms in total. The number of nitrogens with zero attached hydrogens (tertiary/aromatic N) is 1. The Morgan fingerprint density at radius 2 is 1.12 bits per heavy atom. The standard InChI is InChI=1S/C39H77N2O6P/c1-6-8-10-12-14-16-18-19-20-21-22-23-25-27-29-31-33-39(43)40-37(36-47-48(44,45)46-35-34-41(3,4)5)38(42)32-30-28-26-24-17-15-13-11-9-7-2/h20-21,30,32,37-38,42H,6-19,22-29,31,33-36H2,1-5H3,(H-,40,43,44,45)/p+1/b21-20-,32-30+. The number of rotatable bonds is 35. The zero-order valence-electron chi connectivity index (χ0n) is 32.0. The third-order valence-corrected chi connectivity index (χ3v) is 9.65. The number of hydrogen-bond acceptors (Lipinski definition) is 5. The number of nitrogens with one attached hydrogen (secondary N) is 1. The molecule has 48 heavy (non-hydrogen) atoms. The van der Waals surface area contributed by atoms with E-state index in [-0.39, 0.29) is 19.1 Å². The molecule has 0 aliphatic heterocycles. The molecular formula is C39H78N2O6P+.